The van der Waals surface area contributed by atoms with E-state index in [2.05, 4.69) is 26.6 Å². The highest BCUT2D eigenvalue weighted by molar-refractivity contribution is 14.1. The molecule has 0 heterocycles. The second-order valence-electron chi connectivity index (χ2n) is 12.1. The largest absolute Gasteiger partial charge is 0.394 e. The number of carbonyl (C=O) groups is 6. The van der Waals surface area contributed by atoms with Crippen molar-refractivity contribution >= 4 is 182 Å². The lowest BCUT2D eigenvalue weighted by Gasteiger charge is -2.25. The number of halogens is 6. The number of aliphatic hydroxyl groups is 10. The van der Waals surface area contributed by atoms with Crippen LogP contribution in [-0.4, -0.2) is 184 Å². The van der Waals surface area contributed by atoms with Crippen LogP contribution in [0.5, 0.6) is 0 Å². The third kappa shape index (κ3) is 16.9. The smallest absolute Gasteiger partial charge is 0.253 e. The predicted octanol–water partition coefficient (Wildman–Crippen LogP) is -2.78. The number of aliphatic hydroxyl groups excluding tert-OH is 10. The van der Waals surface area contributed by atoms with E-state index in [9.17, 15) is 54.3 Å². The molecule has 0 saturated heterocycles. The number of rotatable bonds is 20. The van der Waals surface area contributed by atoms with Crippen molar-refractivity contribution in [1.82, 2.24) is 21.3 Å². The standard InChI is InChI=1S/C17H22I3N3O8.C16H20I3N3O8/c1-23(9(29)6-26)15-13(19)10(16(30)21-2-7(27)4-24)12(18)11(14(15)20)17(31)22-3-8(28)5-25;17-11-9(15(29)20-1-6(26)3-23)12(18)14(22-8(28)5-25)13(19)10(11)16(30)21-2-7(27)4-24/h7-8,24-28H,2-6H2,1H3,(H,21,30)(H,22,31);6-7,23-27H,1-5H2,(H,20,29)(H,21,30)(H,22,28). The van der Waals surface area contributed by atoms with Crippen molar-refractivity contribution < 1.29 is 79.8 Å². The van der Waals surface area contributed by atoms with E-state index in [-0.39, 0.29) is 66.9 Å². The van der Waals surface area contributed by atoms with Crippen LogP contribution in [0.1, 0.15) is 41.4 Å². The zero-order chi connectivity index (χ0) is 46.9. The fraction of sp³-hybridized carbons (Fsp3) is 0.455. The molecular formula is C33H42I6N6O16. The molecule has 0 saturated carbocycles. The van der Waals surface area contributed by atoms with Gasteiger partial charge in [-0.25, -0.2) is 0 Å². The average molecular weight is 1540 g/mol. The molecule has 0 aliphatic rings. The number of likely N-dealkylation sites (N-methyl/N-ethyl adjacent to an activating group) is 1. The molecule has 342 valence electrons. The van der Waals surface area contributed by atoms with Crippen LogP contribution in [0.25, 0.3) is 0 Å². The summed E-state index contributed by atoms with van der Waals surface area (Å²) < 4.78 is 1.76. The van der Waals surface area contributed by atoms with Crippen molar-refractivity contribution in [3.05, 3.63) is 43.7 Å². The van der Waals surface area contributed by atoms with Crippen molar-refractivity contribution in [3.8, 4) is 0 Å². The van der Waals surface area contributed by atoms with E-state index in [1.165, 1.54) is 7.05 Å². The first-order valence-electron chi connectivity index (χ1n) is 17.1. The van der Waals surface area contributed by atoms with Crippen LogP contribution in [0.15, 0.2) is 0 Å². The first-order valence-corrected chi connectivity index (χ1v) is 23.5. The highest BCUT2D eigenvalue weighted by atomic mass is 127. The zero-order valence-corrected chi connectivity index (χ0v) is 44.5. The Bertz CT molecular complexity index is 1810. The monoisotopic (exact) mass is 1540 g/mol. The molecule has 15 N–H and O–H groups in total. The van der Waals surface area contributed by atoms with Gasteiger partial charge in [-0.2, -0.15) is 0 Å². The van der Waals surface area contributed by atoms with Crippen LogP contribution in [0, 0.1) is 21.4 Å². The fourth-order valence-corrected chi connectivity index (χ4v) is 13.7. The molecule has 22 nitrogen and oxygen atoms in total. The minimum atomic E-state index is -1.18. The summed E-state index contributed by atoms with van der Waals surface area (Å²) in [6.07, 6.45) is -4.71. The number of hydrogen-bond acceptors (Lipinski definition) is 16. The molecule has 0 aromatic heterocycles. The lowest BCUT2D eigenvalue weighted by Crippen LogP contribution is -2.38. The maximum Gasteiger partial charge on any atom is 0.253 e. The van der Waals surface area contributed by atoms with Crippen LogP contribution in [0.4, 0.5) is 11.4 Å². The second kappa shape index (κ2) is 29.0. The third-order valence-electron chi connectivity index (χ3n) is 7.61. The Morgan fingerprint density at radius 1 is 0.475 bits per heavy atom. The van der Waals surface area contributed by atoms with Gasteiger partial charge in [0.2, 0.25) is 5.91 Å². The topological polar surface area (TPSA) is 368 Å². The van der Waals surface area contributed by atoms with Gasteiger partial charge < -0.3 is 82.5 Å². The van der Waals surface area contributed by atoms with Crippen molar-refractivity contribution in [2.75, 3.05) is 83.1 Å². The maximum absolute atomic E-state index is 12.8. The van der Waals surface area contributed by atoms with Crippen LogP contribution in [-0.2, 0) is 9.59 Å². The number of anilines is 2. The summed E-state index contributed by atoms with van der Waals surface area (Å²) in [6, 6.07) is 0. The van der Waals surface area contributed by atoms with Crippen LogP contribution in [0.2, 0.25) is 0 Å². The molecule has 2 aromatic carbocycles. The minimum absolute atomic E-state index is 0.0443. The molecule has 28 heteroatoms. The van der Waals surface area contributed by atoms with Crippen LogP contribution in [0.3, 0.4) is 0 Å². The molecule has 0 fully saturated rings. The number of benzene rings is 2. The van der Waals surface area contributed by atoms with E-state index in [0.29, 0.717) is 14.3 Å². The van der Waals surface area contributed by atoms with E-state index in [0.717, 1.165) is 4.90 Å². The van der Waals surface area contributed by atoms with Gasteiger partial charge in [-0.15, -0.1) is 0 Å². The van der Waals surface area contributed by atoms with Crippen molar-refractivity contribution in [2.24, 2.45) is 0 Å². The minimum Gasteiger partial charge on any atom is -0.394 e. The molecular weight excluding hydrogens is 1500 g/mol. The molecule has 4 unspecified atom stereocenters. The summed E-state index contributed by atoms with van der Waals surface area (Å²) >= 11 is 11.0. The summed E-state index contributed by atoms with van der Waals surface area (Å²) in [5, 5.41) is 104. The van der Waals surface area contributed by atoms with E-state index in [1.807, 2.05) is 113 Å². The first kappa shape index (κ1) is 58.3. The Balaban J connectivity index is 0.000000610. The number of nitrogens with zero attached hydrogens (tertiary/aromatic N) is 1. The number of nitrogens with one attached hydrogen (secondary N) is 5. The molecule has 6 amide bonds. The SMILES string of the molecule is CN(C(=O)CO)c1c(I)c(C(=O)NCC(O)CO)c(I)c(C(=O)NCC(O)CO)c1I.O=C(CO)Nc1c(I)c(C(=O)NCC(O)CO)c(I)c(C(=O)NCC(O)CO)c1I. The summed E-state index contributed by atoms with van der Waals surface area (Å²) in [5.41, 5.74) is 0.572. The summed E-state index contributed by atoms with van der Waals surface area (Å²) in [5.74, 6) is -4.02. The summed E-state index contributed by atoms with van der Waals surface area (Å²) in [7, 11) is 1.39. The predicted molar refractivity (Wildman–Crippen MR) is 267 cm³/mol. The molecule has 0 radical (unpaired) electrons. The molecule has 0 spiro atoms. The van der Waals surface area contributed by atoms with Gasteiger partial charge in [-0.3, -0.25) is 28.8 Å². The molecule has 0 aliphatic carbocycles. The van der Waals surface area contributed by atoms with Gasteiger partial charge >= 0.3 is 0 Å². The Kier molecular flexibility index (Phi) is 27.7. The van der Waals surface area contributed by atoms with E-state index < -0.39 is 99.5 Å². The molecule has 4 atom stereocenters. The molecule has 2 aromatic rings. The molecule has 61 heavy (non-hydrogen) atoms. The van der Waals surface area contributed by atoms with Gasteiger partial charge in [0.15, 0.2) is 0 Å². The Morgan fingerprint density at radius 2 is 0.754 bits per heavy atom. The highest BCUT2D eigenvalue weighted by Crippen LogP contribution is 2.38. The van der Waals surface area contributed by atoms with E-state index >= 15 is 0 Å². The van der Waals surface area contributed by atoms with Crippen molar-refractivity contribution in [2.45, 2.75) is 24.4 Å². The quantitative estimate of drug-likeness (QED) is 0.0597. The van der Waals surface area contributed by atoms with Crippen LogP contribution < -0.4 is 31.5 Å². The lowest BCUT2D eigenvalue weighted by molar-refractivity contribution is -0.121. The summed E-state index contributed by atoms with van der Waals surface area (Å²) in [6.45, 7) is -4.78. The van der Waals surface area contributed by atoms with Crippen molar-refractivity contribution in [1.29, 1.82) is 0 Å². The highest BCUT2D eigenvalue weighted by Gasteiger charge is 2.32. The first-order chi connectivity index (χ1) is 28.6. The molecule has 0 bridgehead atoms. The summed E-state index contributed by atoms with van der Waals surface area (Å²) in [4.78, 5) is 76.1. The van der Waals surface area contributed by atoms with Gasteiger partial charge in [0, 0.05) is 40.4 Å². The third-order valence-corrected chi connectivity index (χ3v) is 14.0. The Morgan fingerprint density at radius 3 is 1.00 bits per heavy atom. The van der Waals surface area contributed by atoms with Crippen molar-refractivity contribution in [3.63, 3.8) is 0 Å². The van der Waals surface area contributed by atoms with Gasteiger partial charge in [-0.1, -0.05) is 0 Å². The number of carbonyl (C=O) groups excluding carboxylic acids is 6. The lowest BCUT2D eigenvalue weighted by atomic mass is 10.1. The molecule has 0 aliphatic heterocycles. The van der Waals surface area contributed by atoms with Gasteiger partial charge in [0.25, 0.3) is 29.5 Å². The normalized spacial score (nSPS) is 12.8. The average Bonchev–Trinajstić information content (AvgIpc) is 3.23. The van der Waals surface area contributed by atoms with Crippen LogP contribution >= 0.6 is 136 Å². The van der Waals surface area contributed by atoms with Gasteiger partial charge in [-0.05, 0) is 136 Å². The fourth-order valence-electron chi connectivity index (χ4n) is 4.38. The Labute approximate surface area is 429 Å². The zero-order valence-electron chi connectivity index (χ0n) is 31.5. The van der Waals surface area contributed by atoms with E-state index in [1.54, 1.807) is 22.6 Å². The van der Waals surface area contributed by atoms with Gasteiger partial charge in [0.1, 0.15) is 13.2 Å². The Hall–Kier alpha value is -0.760. The number of amides is 6. The number of hydrogen-bond donors (Lipinski definition) is 15. The van der Waals surface area contributed by atoms with Gasteiger partial charge in [0.05, 0.1) is 98.8 Å². The maximum atomic E-state index is 12.8. The van der Waals surface area contributed by atoms with E-state index in [4.69, 9.17) is 25.5 Å². The second-order valence-corrected chi connectivity index (χ2v) is 18.6. The molecule has 2 rings (SSSR count).